The van der Waals surface area contributed by atoms with Gasteiger partial charge >= 0.3 is 0 Å². The molecule has 0 aromatic rings. The maximum absolute atomic E-state index is 12.2. The number of ether oxygens (including phenoxy) is 1. The summed E-state index contributed by atoms with van der Waals surface area (Å²) in [5, 5.41) is 22.3. The van der Waals surface area contributed by atoms with Crippen molar-refractivity contribution in [3.8, 4) is 0 Å². The fraction of sp³-hybridized carbons (Fsp3) is 0.973. The van der Waals surface area contributed by atoms with Crippen LogP contribution in [0.2, 0.25) is 0 Å². The number of carbonyl (C=O) groups excluding carboxylic acids is 1. The van der Waals surface area contributed by atoms with Gasteiger partial charge < -0.3 is 25.2 Å². The summed E-state index contributed by atoms with van der Waals surface area (Å²) < 4.78 is 5.83. The highest BCUT2D eigenvalue weighted by Gasteiger charge is 2.11. The van der Waals surface area contributed by atoms with Crippen molar-refractivity contribution in [2.75, 3.05) is 46.0 Å². The SMILES string of the molecule is CCCCCCCCCCOCCCN(CCCNC(=O)CCCCCCCCCCCCCCC(C)C)CC(O)CO. The lowest BCUT2D eigenvalue weighted by molar-refractivity contribution is -0.121. The van der Waals surface area contributed by atoms with Crippen LogP contribution in [-0.2, 0) is 9.53 Å². The number of carbonyl (C=O) groups is 1. The fourth-order valence-corrected chi connectivity index (χ4v) is 5.71. The molecule has 6 heteroatoms. The summed E-state index contributed by atoms with van der Waals surface area (Å²) in [7, 11) is 0. The van der Waals surface area contributed by atoms with Crippen molar-refractivity contribution < 1.29 is 19.7 Å². The van der Waals surface area contributed by atoms with E-state index in [0.717, 1.165) is 64.3 Å². The van der Waals surface area contributed by atoms with Crippen LogP contribution in [0.15, 0.2) is 0 Å². The molecule has 0 aliphatic carbocycles. The lowest BCUT2D eigenvalue weighted by atomic mass is 10.0. The normalized spacial score (nSPS) is 12.4. The van der Waals surface area contributed by atoms with Gasteiger partial charge in [0.1, 0.15) is 0 Å². The lowest BCUT2D eigenvalue weighted by Gasteiger charge is -2.24. The Kier molecular flexibility index (Phi) is 33.6. The minimum Gasteiger partial charge on any atom is -0.394 e. The third-order valence-corrected chi connectivity index (χ3v) is 8.49. The molecule has 0 bridgehead atoms. The number of nitrogens with zero attached hydrogens (tertiary/aromatic N) is 1. The average molecular weight is 613 g/mol. The molecule has 1 atom stereocenters. The molecule has 258 valence electrons. The molecule has 0 aromatic heterocycles. The molecule has 0 spiro atoms. The molecule has 0 aliphatic rings. The highest BCUT2D eigenvalue weighted by molar-refractivity contribution is 5.75. The summed E-state index contributed by atoms with van der Waals surface area (Å²) in [6.07, 6.45) is 29.3. The van der Waals surface area contributed by atoms with Crippen molar-refractivity contribution in [3.63, 3.8) is 0 Å². The average Bonchev–Trinajstić information content (AvgIpc) is 2.99. The second-order valence-corrected chi connectivity index (χ2v) is 13.5. The third kappa shape index (κ3) is 34.0. The number of aliphatic hydroxyl groups excluding tert-OH is 2. The van der Waals surface area contributed by atoms with Crippen LogP contribution in [-0.4, -0.2) is 73.1 Å². The Bertz CT molecular complexity index is 561. The monoisotopic (exact) mass is 613 g/mol. The van der Waals surface area contributed by atoms with Gasteiger partial charge in [0, 0.05) is 39.3 Å². The van der Waals surface area contributed by atoms with Crippen LogP contribution >= 0.6 is 0 Å². The second kappa shape index (κ2) is 34.2. The van der Waals surface area contributed by atoms with E-state index in [-0.39, 0.29) is 12.5 Å². The summed E-state index contributed by atoms with van der Waals surface area (Å²) in [6, 6.07) is 0. The predicted molar refractivity (Wildman–Crippen MR) is 185 cm³/mol. The molecule has 0 heterocycles. The largest absolute Gasteiger partial charge is 0.394 e. The summed E-state index contributed by atoms with van der Waals surface area (Å²) in [4.78, 5) is 14.4. The van der Waals surface area contributed by atoms with Crippen LogP contribution in [0, 0.1) is 5.92 Å². The first kappa shape index (κ1) is 42.3. The van der Waals surface area contributed by atoms with E-state index in [1.165, 1.54) is 116 Å². The number of rotatable bonds is 35. The summed E-state index contributed by atoms with van der Waals surface area (Å²) >= 11 is 0. The van der Waals surface area contributed by atoms with E-state index >= 15 is 0 Å². The third-order valence-electron chi connectivity index (χ3n) is 8.49. The van der Waals surface area contributed by atoms with Gasteiger partial charge in [-0.3, -0.25) is 4.79 Å². The number of aliphatic hydroxyl groups is 2. The van der Waals surface area contributed by atoms with E-state index in [0.29, 0.717) is 19.5 Å². The maximum Gasteiger partial charge on any atom is 0.219 e. The zero-order valence-electron chi connectivity index (χ0n) is 29.2. The van der Waals surface area contributed by atoms with Crippen molar-refractivity contribution >= 4 is 5.91 Å². The fourth-order valence-electron chi connectivity index (χ4n) is 5.71. The zero-order chi connectivity index (χ0) is 31.6. The van der Waals surface area contributed by atoms with E-state index < -0.39 is 6.10 Å². The Morgan fingerprint density at radius 1 is 0.674 bits per heavy atom. The van der Waals surface area contributed by atoms with E-state index in [9.17, 15) is 15.0 Å². The standard InChI is InChI=1S/C37H76N2O4/c1-4-5-6-7-8-17-20-23-31-43-32-25-30-39(33-36(41)34-40)29-24-28-38-37(42)27-22-19-16-14-12-10-9-11-13-15-18-21-26-35(2)3/h35-36,40-41H,4-34H2,1-3H3,(H,38,42). The van der Waals surface area contributed by atoms with Crippen molar-refractivity contribution in [1.82, 2.24) is 10.2 Å². The summed E-state index contributed by atoms with van der Waals surface area (Å²) in [6.45, 7) is 11.0. The van der Waals surface area contributed by atoms with Crippen molar-refractivity contribution in [1.29, 1.82) is 0 Å². The predicted octanol–water partition coefficient (Wildman–Crippen LogP) is 8.81. The molecule has 0 rings (SSSR count). The number of amides is 1. The molecule has 0 saturated carbocycles. The van der Waals surface area contributed by atoms with Gasteiger partial charge in [-0.2, -0.15) is 0 Å². The van der Waals surface area contributed by atoms with Gasteiger partial charge in [-0.05, 0) is 38.1 Å². The van der Waals surface area contributed by atoms with Crippen LogP contribution in [0.1, 0.15) is 175 Å². The van der Waals surface area contributed by atoms with Gasteiger partial charge in [0.05, 0.1) is 12.7 Å². The van der Waals surface area contributed by atoms with Gasteiger partial charge in [-0.15, -0.1) is 0 Å². The Balaban J connectivity index is 3.66. The molecule has 43 heavy (non-hydrogen) atoms. The van der Waals surface area contributed by atoms with Crippen molar-refractivity contribution in [2.45, 2.75) is 181 Å². The Labute approximate surface area is 268 Å². The van der Waals surface area contributed by atoms with E-state index in [2.05, 4.69) is 31.0 Å². The highest BCUT2D eigenvalue weighted by atomic mass is 16.5. The van der Waals surface area contributed by atoms with Crippen LogP contribution < -0.4 is 5.32 Å². The minimum absolute atomic E-state index is 0.157. The molecule has 0 aliphatic heterocycles. The molecule has 1 unspecified atom stereocenters. The van der Waals surface area contributed by atoms with Crippen molar-refractivity contribution in [2.24, 2.45) is 5.92 Å². The molecule has 0 radical (unpaired) electrons. The van der Waals surface area contributed by atoms with Crippen LogP contribution in [0.5, 0.6) is 0 Å². The number of hydrogen-bond acceptors (Lipinski definition) is 5. The van der Waals surface area contributed by atoms with Crippen molar-refractivity contribution in [3.05, 3.63) is 0 Å². The van der Waals surface area contributed by atoms with Gasteiger partial charge in [-0.25, -0.2) is 0 Å². The first-order valence-corrected chi connectivity index (χ1v) is 18.8. The summed E-state index contributed by atoms with van der Waals surface area (Å²) in [5.74, 6) is 1.01. The Hall–Kier alpha value is -0.690. The topological polar surface area (TPSA) is 82.0 Å². The molecule has 3 N–H and O–H groups in total. The number of hydrogen-bond donors (Lipinski definition) is 3. The maximum atomic E-state index is 12.2. The van der Waals surface area contributed by atoms with Gasteiger partial charge in [0.25, 0.3) is 0 Å². The number of nitrogens with one attached hydrogen (secondary N) is 1. The molecule has 0 aromatic carbocycles. The zero-order valence-corrected chi connectivity index (χ0v) is 29.2. The van der Waals surface area contributed by atoms with Gasteiger partial charge in [-0.1, -0.05) is 143 Å². The highest BCUT2D eigenvalue weighted by Crippen LogP contribution is 2.14. The quantitative estimate of drug-likeness (QED) is 0.0623. The molecule has 6 nitrogen and oxygen atoms in total. The molecule has 1 amide bonds. The second-order valence-electron chi connectivity index (χ2n) is 13.5. The Morgan fingerprint density at radius 3 is 1.72 bits per heavy atom. The molecule has 0 fully saturated rings. The van der Waals surface area contributed by atoms with E-state index in [4.69, 9.17) is 4.74 Å². The van der Waals surface area contributed by atoms with Crippen LogP contribution in [0.25, 0.3) is 0 Å². The van der Waals surface area contributed by atoms with E-state index in [1.807, 2.05) is 0 Å². The summed E-state index contributed by atoms with van der Waals surface area (Å²) in [5.41, 5.74) is 0. The lowest BCUT2D eigenvalue weighted by Crippen LogP contribution is -2.37. The first-order valence-electron chi connectivity index (χ1n) is 18.8. The smallest absolute Gasteiger partial charge is 0.219 e. The van der Waals surface area contributed by atoms with E-state index in [1.54, 1.807) is 0 Å². The first-order chi connectivity index (χ1) is 21.0. The molecular formula is C37H76N2O4. The van der Waals surface area contributed by atoms with Crippen LogP contribution in [0.3, 0.4) is 0 Å². The van der Waals surface area contributed by atoms with Gasteiger partial charge in [0.15, 0.2) is 0 Å². The minimum atomic E-state index is -0.725. The number of unbranched alkanes of at least 4 members (excludes halogenated alkanes) is 18. The van der Waals surface area contributed by atoms with Gasteiger partial charge in [0.2, 0.25) is 5.91 Å². The molecule has 0 saturated heterocycles. The molecular weight excluding hydrogens is 536 g/mol. The Morgan fingerprint density at radius 2 is 1.16 bits per heavy atom. The van der Waals surface area contributed by atoms with Crippen LogP contribution in [0.4, 0.5) is 0 Å².